The number of unbranched alkanes of at least 4 members (excludes halogenated alkanes) is 2. The maximum Gasteiger partial charge on any atom is 0.220 e. The molecular formula is C22H24Cl2N2O. The zero-order valence-electron chi connectivity index (χ0n) is 15.4. The SMILES string of the molecule is CCCCCNC(=O)CC(c1ccc(Cl)c(Cl)c1)c1c[nH]c2ccccc12. The van der Waals surface area contributed by atoms with E-state index < -0.39 is 0 Å². The summed E-state index contributed by atoms with van der Waals surface area (Å²) in [7, 11) is 0. The Hall–Kier alpha value is -1.97. The predicted molar refractivity (Wildman–Crippen MR) is 114 cm³/mol. The normalized spacial score (nSPS) is 12.3. The molecule has 0 bridgehead atoms. The fraction of sp³-hybridized carbons (Fsp3) is 0.318. The van der Waals surface area contributed by atoms with E-state index in [1.807, 2.05) is 36.5 Å². The molecule has 142 valence electrons. The number of fused-ring (bicyclic) bond motifs is 1. The van der Waals surface area contributed by atoms with Crippen LogP contribution in [0.25, 0.3) is 10.9 Å². The third kappa shape index (κ3) is 4.85. The number of hydrogen-bond donors (Lipinski definition) is 2. The Bertz CT molecular complexity index is 920. The van der Waals surface area contributed by atoms with Crippen molar-refractivity contribution in [3.05, 3.63) is 69.8 Å². The van der Waals surface area contributed by atoms with Gasteiger partial charge in [-0.3, -0.25) is 4.79 Å². The zero-order valence-corrected chi connectivity index (χ0v) is 16.9. The first-order valence-electron chi connectivity index (χ1n) is 9.37. The number of aromatic amines is 1. The molecule has 3 aromatic rings. The summed E-state index contributed by atoms with van der Waals surface area (Å²) in [5.74, 6) is -0.0467. The lowest BCUT2D eigenvalue weighted by molar-refractivity contribution is -0.121. The van der Waals surface area contributed by atoms with Crippen LogP contribution >= 0.6 is 23.2 Å². The number of hydrogen-bond acceptors (Lipinski definition) is 1. The van der Waals surface area contributed by atoms with Crippen molar-refractivity contribution in [2.75, 3.05) is 6.54 Å². The Morgan fingerprint density at radius 2 is 1.93 bits per heavy atom. The highest BCUT2D eigenvalue weighted by molar-refractivity contribution is 6.42. The van der Waals surface area contributed by atoms with Crippen LogP contribution in [-0.4, -0.2) is 17.4 Å². The fourth-order valence-corrected chi connectivity index (χ4v) is 3.69. The van der Waals surface area contributed by atoms with E-state index in [-0.39, 0.29) is 11.8 Å². The molecule has 1 heterocycles. The van der Waals surface area contributed by atoms with Crippen molar-refractivity contribution in [1.29, 1.82) is 0 Å². The van der Waals surface area contributed by atoms with Gasteiger partial charge in [0.05, 0.1) is 10.0 Å². The number of nitrogens with one attached hydrogen (secondary N) is 2. The van der Waals surface area contributed by atoms with E-state index in [4.69, 9.17) is 23.2 Å². The Labute approximate surface area is 170 Å². The van der Waals surface area contributed by atoms with Gasteiger partial charge >= 0.3 is 0 Å². The van der Waals surface area contributed by atoms with Crippen LogP contribution in [0.4, 0.5) is 0 Å². The summed E-state index contributed by atoms with van der Waals surface area (Å²) in [6.07, 6.45) is 5.62. The van der Waals surface area contributed by atoms with Crippen LogP contribution in [0.15, 0.2) is 48.7 Å². The number of carbonyl (C=O) groups is 1. The molecule has 0 saturated carbocycles. The first-order chi connectivity index (χ1) is 13.1. The molecule has 3 nitrogen and oxygen atoms in total. The minimum atomic E-state index is -0.0953. The number of para-hydroxylation sites is 1. The van der Waals surface area contributed by atoms with Crippen LogP contribution < -0.4 is 5.32 Å². The number of carbonyl (C=O) groups excluding carboxylic acids is 1. The molecule has 27 heavy (non-hydrogen) atoms. The molecule has 3 rings (SSSR count). The van der Waals surface area contributed by atoms with Gasteiger partial charge < -0.3 is 10.3 Å². The summed E-state index contributed by atoms with van der Waals surface area (Å²) >= 11 is 12.3. The third-order valence-electron chi connectivity index (χ3n) is 4.83. The molecule has 0 aliphatic heterocycles. The maximum atomic E-state index is 12.6. The third-order valence-corrected chi connectivity index (χ3v) is 5.57. The molecule has 0 radical (unpaired) electrons. The van der Waals surface area contributed by atoms with Crippen LogP contribution in [0.3, 0.4) is 0 Å². The van der Waals surface area contributed by atoms with E-state index in [0.717, 1.165) is 41.3 Å². The second kappa shape index (κ2) is 9.29. The summed E-state index contributed by atoms with van der Waals surface area (Å²) in [6.45, 7) is 2.87. The summed E-state index contributed by atoms with van der Waals surface area (Å²) in [5.41, 5.74) is 3.13. The Morgan fingerprint density at radius 3 is 2.70 bits per heavy atom. The average Bonchev–Trinajstić information content (AvgIpc) is 3.09. The van der Waals surface area contributed by atoms with Gasteiger partial charge in [-0.25, -0.2) is 0 Å². The van der Waals surface area contributed by atoms with Gasteiger partial charge in [0.25, 0.3) is 0 Å². The van der Waals surface area contributed by atoms with Crippen molar-refractivity contribution in [2.24, 2.45) is 0 Å². The Morgan fingerprint density at radius 1 is 1.11 bits per heavy atom. The summed E-state index contributed by atoms with van der Waals surface area (Å²) in [4.78, 5) is 15.9. The van der Waals surface area contributed by atoms with Crippen molar-refractivity contribution >= 4 is 40.0 Å². The largest absolute Gasteiger partial charge is 0.361 e. The summed E-state index contributed by atoms with van der Waals surface area (Å²) in [6, 6.07) is 13.7. The monoisotopic (exact) mass is 402 g/mol. The van der Waals surface area contributed by atoms with Gasteiger partial charge in [-0.05, 0) is 35.7 Å². The topological polar surface area (TPSA) is 44.9 Å². The number of halogens is 2. The first kappa shape index (κ1) is 19.8. The van der Waals surface area contributed by atoms with Crippen molar-refractivity contribution in [3.8, 4) is 0 Å². The zero-order chi connectivity index (χ0) is 19.2. The molecule has 2 N–H and O–H groups in total. The number of rotatable bonds is 8. The first-order valence-corrected chi connectivity index (χ1v) is 10.1. The average molecular weight is 403 g/mol. The van der Waals surface area contributed by atoms with E-state index in [0.29, 0.717) is 23.0 Å². The molecule has 5 heteroatoms. The number of H-pyrrole nitrogens is 1. The molecule has 0 fully saturated rings. The van der Waals surface area contributed by atoms with Gasteiger partial charge in [0.1, 0.15) is 0 Å². The second-order valence-corrected chi connectivity index (χ2v) is 7.59. The van der Waals surface area contributed by atoms with Crippen LogP contribution in [0.1, 0.15) is 49.7 Å². The molecule has 0 spiro atoms. The lowest BCUT2D eigenvalue weighted by Crippen LogP contribution is -2.26. The predicted octanol–water partition coefficient (Wildman–Crippen LogP) is 6.30. The van der Waals surface area contributed by atoms with Gasteiger partial charge in [0.2, 0.25) is 5.91 Å². The van der Waals surface area contributed by atoms with E-state index in [1.165, 1.54) is 0 Å². The van der Waals surface area contributed by atoms with Gasteiger partial charge in [0, 0.05) is 36.0 Å². The molecule has 0 saturated heterocycles. The maximum absolute atomic E-state index is 12.6. The molecule has 1 atom stereocenters. The minimum Gasteiger partial charge on any atom is -0.361 e. The summed E-state index contributed by atoms with van der Waals surface area (Å²) in [5, 5.41) is 5.18. The van der Waals surface area contributed by atoms with Gasteiger partial charge in [0.15, 0.2) is 0 Å². The molecule has 1 unspecified atom stereocenters. The summed E-state index contributed by atoms with van der Waals surface area (Å²) < 4.78 is 0. The second-order valence-electron chi connectivity index (χ2n) is 6.78. The van der Waals surface area contributed by atoms with Crippen LogP contribution in [-0.2, 0) is 4.79 Å². The molecular weight excluding hydrogens is 379 g/mol. The molecule has 0 aliphatic carbocycles. The van der Waals surface area contributed by atoms with Gasteiger partial charge in [-0.15, -0.1) is 0 Å². The van der Waals surface area contributed by atoms with E-state index >= 15 is 0 Å². The van der Waals surface area contributed by atoms with Gasteiger partial charge in [-0.1, -0.05) is 67.2 Å². The Balaban J connectivity index is 1.89. The smallest absolute Gasteiger partial charge is 0.220 e. The van der Waals surface area contributed by atoms with E-state index in [9.17, 15) is 4.79 Å². The highest BCUT2D eigenvalue weighted by Crippen LogP contribution is 2.35. The lowest BCUT2D eigenvalue weighted by atomic mass is 9.88. The molecule has 1 aromatic heterocycles. The molecule has 2 aromatic carbocycles. The van der Waals surface area contributed by atoms with Crippen molar-refractivity contribution in [3.63, 3.8) is 0 Å². The number of aromatic nitrogens is 1. The van der Waals surface area contributed by atoms with Crippen molar-refractivity contribution < 1.29 is 4.79 Å². The lowest BCUT2D eigenvalue weighted by Gasteiger charge is -2.18. The highest BCUT2D eigenvalue weighted by atomic mass is 35.5. The Kier molecular flexibility index (Phi) is 6.81. The highest BCUT2D eigenvalue weighted by Gasteiger charge is 2.22. The standard InChI is InChI=1S/C22H24Cl2N2O/c1-2-3-6-11-25-22(27)13-17(15-9-10-19(23)20(24)12-15)18-14-26-21-8-5-4-7-16(18)21/h4-5,7-10,12,14,17,26H,2-3,6,11,13H2,1H3,(H,25,27). The van der Waals surface area contributed by atoms with Crippen LogP contribution in [0.2, 0.25) is 10.0 Å². The quantitative estimate of drug-likeness (QED) is 0.426. The fourth-order valence-electron chi connectivity index (χ4n) is 3.38. The van der Waals surface area contributed by atoms with E-state index in [1.54, 1.807) is 6.07 Å². The van der Waals surface area contributed by atoms with Crippen molar-refractivity contribution in [2.45, 2.75) is 38.5 Å². The van der Waals surface area contributed by atoms with Crippen LogP contribution in [0, 0.1) is 0 Å². The van der Waals surface area contributed by atoms with Crippen LogP contribution in [0.5, 0.6) is 0 Å². The van der Waals surface area contributed by atoms with Gasteiger partial charge in [-0.2, -0.15) is 0 Å². The van der Waals surface area contributed by atoms with Crippen molar-refractivity contribution in [1.82, 2.24) is 10.3 Å². The van der Waals surface area contributed by atoms with E-state index in [2.05, 4.69) is 23.3 Å². The number of amides is 1. The molecule has 0 aliphatic rings. The minimum absolute atomic E-state index is 0.0486. The molecule has 1 amide bonds. The number of benzene rings is 2.